The molecule has 7 nitrogen and oxygen atoms in total. The Morgan fingerprint density at radius 1 is 1.06 bits per heavy atom. The van der Waals surface area contributed by atoms with Gasteiger partial charge in [0.2, 0.25) is 5.91 Å². The summed E-state index contributed by atoms with van der Waals surface area (Å²) in [6.07, 6.45) is 7.10. The van der Waals surface area contributed by atoms with Crippen LogP contribution in [0.2, 0.25) is 0 Å². The molecular weight excluding hydrogens is 400 g/mol. The maximum atomic E-state index is 12.5. The summed E-state index contributed by atoms with van der Waals surface area (Å²) in [7, 11) is 0. The van der Waals surface area contributed by atoms with Crippen molar-refractivity contribution in [3.63, 3.8) is 0 Å². The second-order valence-corrected chi connectivity index (χ2v) is 7.80. The molecule has 162 valence electrons. The first-order valence-electron chi connectivity index (χ1n) is 10.6. The lowest BCUT2D eigenvalue weighted by molar-refractivity contribution is -0.116. The number of amides is 1. The Kier molecular flexibility index (Phi) is 6.55. The number of nitrogens with zero attached hydrogens (tertiary/aromatic N) is 4. The van der Waals surface area contributed by atoms with Gasteiger partial charge >= 0.3 is 0 Å². The van der Waals surface area contributed by atoms with Gasteiger partial charge in [-0.05, 0) is 42.7 Å². The Balaban J connectivity index is 1.31. The predicted molar refractivity (Wildman–Crippen MR) is 126 cm³/mol. The van der Waals surface area contributed by atoms with E-state index in [1.807, 2.05) is 35.1 Å². The minimum absolute atomic E-state index is 0.116. The monoisotopic (exact) mass is 426 g/mol. The Labute approximate surface area is 187 Å². The van der Waals surface area contributed by atoms with Crippen molar-refractivity contribution in [3.05, 3.63) is 90.0 Å². The second kappa shape index (κ2) is 9.87. The summed E-state index contributed by atoms with van der Waals surface area (Å²) >= 11 is 0. The summed E-state index contributed by atoms with van der Waals surface area (Å²) in [4.78, 5) is 16.6. The topological polar surface area (TPSA) is 98.7 Å². The molecule has 0 spiro atoms. The van der Waals surface area contributed by atoms with Crippen molar-refractivity contribution in [2.45, 2.75) is 32.7 Å². The SMILES string of the molecule is Cc1cccc(CCn2cc(CCC(=O)Nc3cc(-c4cccnc4)ccc3N)nn2)c1. The average molecular weight is 427 g/mol. The lowest BCUT2D eigenvalue weighted by Crippen LogP contribution is -2.13. The van der Waals surface area contributed by atoms with Gasteiger partial charge in [-0.25, -0.2) is 0 Å². The maximum absolute atomic E-state index is 12.5. The van der Waals surface area contributed by atoms with E-state index >= 15 is 0 Å². The zero-order valence-corrected chi connectivity index (χ0v) is 18.0. The van der Waals surface area contributed by atoms with Crippen LogP contribution in [-0.2, 0) is 24.2 Å². The largest absolute Gasteiger partial charge is 0.397 e. The van der Waals surface area contributed by atoms with E-state index in [2.05, 4.69) is 51.8 Å². The lowest BCUT2D eigenvalue weighted by atomic mass is 10.1. The number of rotatable bonds is 8. The fourth-order valence-electron chi connectivity index (χ4n) is 3.51. The Morgan fingerprint density at radius 3 is 2.78 bits per heavy atom. The molecule has 0 aliphatic carbocycles. The molecule has 0 atom stereocenters. The minimum atomic E-state index is -0.116. The van der Waals surface area contributed by atoms with Gasteiger partial charge in [0.15, 0.2) is 0 Å². The van der Waals surface area contributed by atoms with E-state index in [1.165, 1.54) is 11.1 Å². The Bertz CT molecular complexity index is 1200. The normalized spacial score (nSPS) is 10.8. The standard InChI is InChI=1S/C25H26N6O/c1-18-4-2-5-19(14-18)11-13-31-17-22(29-30-31)8-10-25(32)28-24-15-20(7-9-23(24)26)21-6-3-12-27-16-21/h2-7,9,12,14-17H,8,10-11,13,26H2,1H3,(H,28,32). The smallest absolute Gasteiger partial charge is 0.224 e. The summed E-state index contributed by atoms with van der Waals surface area (Å²) in [5.74, 6) is -0.116. The van der Waals surface area contributed by atoms with Crippen molar-refractivity contribution in [1.29, 1.82) is 0 Å². The minimum Gasteiger partial charge on any atom is -0.397 e. The van der Waals surface area contributed by atoms with Crippen LogP contribution in [0.5, 0.6) is 0 Å². The number of nitrogens with two attached hydrogens (primary N) is 1. The molecule has 0 radical (unpaired) electrons. The third kappa shape index (κ3) is 5.57. The molecule has 0 bridgehead atoms. The van der Waals surface area contributed by atoms with Gasteiger partial charge in [-0.15, -0.1) is 5.10 Å². The van der Waals surface area contributed by atoms with Crippen LogP contribution in [0.15, 0.2) is 73.2 Å². The van der Waals surface area contributed by atoms with E-state index in [9.17, 15) is 4.79 Å². The molecule has 2 aromatic heterocycles. The van der Waals surface area contributed by atoms with Gasteiger partial charge in [0.1, 0.15) is 0 Å². The number of hydrogen-bond donors (Lipinski definition) is 2. The van der Waals surface area contributed by atoms with Crippen molar-refractivity contribution in [1.82, 2.24) is 20.0 Å². The van der Waals surface area contributed by atoms with Crippen molar-refractivity contribution in [2.75, 3.05) is 11.1 Å². The van der Waals surface area contributed by atoms with E-state index in [0.717, 1.165) is 29.8 Å². The van der Waals surface area contributed by atoms with E-state index in [4.69, 9.17) is 5.73 Å². The van der Waals surface area contributed by atoms with Crippen LogP contribution < -0.4 is 11.1 Å². The van der Waals surface area contributed by atoms with E-state index in [0.29, 0.717) is 24.2 Å². The number of nitrogen functional groups attached to an aromatic ring is 1. The summed E-state index contributed by atoms with van der Waals surface area (Å²) in [5.41, 5.74) is 12.4. The third-order valence-corrected chi connectivity index (χ3v) is 5.23. The van der Waals surface area contributed by atoms with Gasteiger partial charge in [0.25, 0.3) is 0 Å². The second-order valence-electron chi connectivity index (χ2n) is 7.80. The molecule has 0 unspecified atom stereocenters. The Hall–Kier alpha value is -4.00. The summed E-state index contributed by atoms with van der Waals surface area (Å²) in [6, 6.07) is 17.9. The van der Waals surface area contributed by atoms with E-state index in [1.54, 1.807) is 18.5 Å². The number of hydrogen-bond acceptors (Lipinski definition) is 5. The maximum Gasteiger partial charge on any atom is 0.224 e. The van der Waals surface area contributed by atoms with Crippen LogP contribution in [0.25, 0.3) is 11.1 Å². The molecule has 0 saturated carbocycles. The number of pyridine rings is 1. The van der Waals surface area contributed by atoms with Crippen LogP contribution in [0.1, 0.15) is 23.2 Å². The zero-order valence-electron chi connectivity index (χ0n) is 18.0. The van der Waals surface area contributed by atoms with Gasteiger partial charge < -0.3 is 11.1 Å². The van der Waals surface area contributed by atoms with Crippen LogP contribution >= 0.6 is 0 Å². The van der Waals surface area contributed by atoms with Crippen molar-refractivity contribution < 1.29 is 4.79 Å². The zero-order chi connectivity index (χ0) is 22.3. The molecule has 0 saturated heterocycles. The highest BCUT2D eigenvalue weighted by Gasteiger charge is 2.10. The lowest BCUT2D eigenvalue weighted by Gasteiger charge is -2.10. The first-order chi connectivity index (χ1) is 15.6. The van der Waals surface area contributed by atoms with Crippen LogP contribution in [0.3, 0.4) is 0 Å². The summed E-state index contributed by atoms with van der Waals surface area (Å²) < 4.78 is 1.82. The molecule has 0 aliphatic rings. The van der Waals surface area contributed by atoms with Gasteiger partial charge in [0, 0.05) is 43.5 Å². The molecule has 4 aromatic rings. The number of aromatic nitrogens is 4. The van der Waals surface area contributed by atoms with Crippen LogP contribution in [-0.4, -0.2) is 25.9 Å². The highest BCUT2D eigenvalue weighted by Crippen LogP contribution is 2.27. The summed E-state index contributed by atoms with van der Waals surface area (Å²) in [5, 5.41) is 11.3. The van der Waals surface area contributed by atoms with Crippen molar-refractivity contribution in [3.8, 4) is 11.1 Å². The number of aryl methyl sites for hydroxylation is 4. The van der Waals surface area contributed by atoms with Gasteiger partial charge in [-0.3, -0.25) is 14.5 Å². The molecule has 2 heterocycles. The number of nitrogens with one attached hydrogen (secondary N) is 1. The van der Waals surface area contributed by atoms with E-state index < -0.39 is 0 Å². The molecule has 1 amide bonds. The molecule has 3 N–H and O–H groups in total. The number of carbonyl (C=O) groups excluding carboxylic acids is 1. The molecular formula is C25H26N6O. The van der Waals surface area contributed by atoms with Gasteiger partial charge in [0.05, 0.1) is 17.1 Å². The molecule has 7 heteroatoms. The van der Waals surface area contributed by atoms with Gasteiger partial charge in [-0.2, -0.15) is 0 Å². The molecule has 2 aromatic carbocycles. The number of benzene rings is 2. The third-order valence-electron chi connectivity index (χ3n) is 5.23. The van der Waals surface area contributed by atoms with Crippen LogP contribution in [0, 0.1) is 6.92 Å². The van der Waals surface area contributed by atoms with Crippen LogP contribution in [0.4, 0.5) is 11.4 Å². The molecule has 0 aliphatic heterocycles. The van der Waals surface area contributed by atoms with E-state index in [-0.39, 0.29) is 5.91 Å². The van der Waals surface area contributed by atoms with Gasteiger partial charge in [-0.1, -0.05) is 47.2 Å². The quantitative estimate of drug-likeness (QED) is 0.414. The fourth-order valence-corrected chi connectivity index (χ4v) is 3.51. The highest BCUT2D eigenvalue weighted by molar-refractivity contribution is 5.95. The number of carbonyl (C=O) groups is 1. The number of anilines is 2. The average Bonchev–Trinajstić information content (AvgIpc) is 3.26. The Morgan fingerprint density at radius 2 is 1.97 bits per heavy atom. The molecule has 32 heavy (non-hydrogen) atoms. The molecule has 4 rings (SSSR count). The summed E-state index contributed by atoms with van der Waals surface area (Å²) in [6.45, 7) is 2.84. The molecule has 0 fully saturated rings. The first-order valence-corrected chi connectivity index (χ1v) is 10.6. The first kappa shape index (κ1) is 21.2. The highest BCUT2D eigenvalue weighted by atomic mass is 16.1. The van der Waals surface area contributed by atoms with Crippen molar-refractivity contribution in [2.24, 2.45) is 0 Å². The predicted octanol–water partition coefficient (Wildman–Crippen LogP) is 4.04. The fraction of sp³-hybridized carbons (Fsp3) is 0.200. The van der Waals surface area contributed by atoms with Crippen molar-refractivity contribution >= 4 is 17.3 Å².